The van der Waals surface area contributed by atoms with Gasteiger partial charge in [-0.3, -0.25) is 14.3 Å². The van der Waals surface area contributed by atoms with E-state index in [-0.39, 0.29) is 41.2 Å². The van der Waals surface area contributed by atoms with Gasteiger partial charge in [0.25, 0.3) is 15.9 Å². The number of nitrogens with zero attached hydrogens (tertiary/aromatic N) is 1. The molecule has 2 aromatic carbocycles. The molecule has 1 N–H and O–H groups in total. The Morgan fingerprint density at radius 3 is 2.30 bits per heavy atom. The highest BCUT2D eigenvalue weighted by atomic mass is 32.2. The molecule has 7 nitrogen and oxygen atoms in total. The van der Waals surface area contributed by atoms with Gasteiger partial charge >= 0.3 is 5.97 Å². The number of anilines is 1. The van der Waals surface area contributed by atoms with E-state index >= 15 is 0 Å². The Hall–Kier alpha value is -2.94. The van der Waals surface area contributed by atoms with E-state index in [1.54, 1.807) is 20.8 Å². The zero-order valence-corrected chi connectivity index (χ0v) is 18.1. The van der Waals surface area contributed by atoms with Crippen LogP contribution in [0.25, 0.3) is 0 Å². The highest BCUT2D eigenvalue weighted by molar-refractivity contribution is 7.92. The minimum absolute atomic E-state index is 0.0676. The molecule has 0 heterocycles. The van der Waals surface area contributed by atoms with Gasteiger partial charge in [-0.1, -0.05) is 0 Å². The molecule has 9 heteroatoms. The summed E-state index contributed by atoms with van der Waals surface area (Å²) < 4.78 is 45.7. The average molecular weight is 437 g/mol. The van der Waals surface area contributed by atoms with E-state index in [4.69, 9.17) is 4.74 Å². The number of hydrogen-bond donors (Lipinski definition) is 1. The maximum absolute atomic E-state index is 13.4. The lowest BCUT2D eigenvalue weighted by molar-refractivity contribution is -0.144. The molecule has 2 aromatic rings. The Kier molecular flexibility index (Phi) is 7.55. The van der Waals surface area contributed by atoms with Crippen molar-refractivity contribution in [3.8, 4) is 0 Å². The first-order chi connectivity index (χ1) is 14.0. The van der Waals surface area contributed by atoms with Gasteiger partial charge in [0.15, 0.2) is 0 Å². The zero-order valence-electron chi connectivity index (χ0n) is 17.3. The van der Waals surface area contributed by atoms with Crippen LogP contribution in [0.3, 0.4) is 0 Å². The number of rotatable bonds is 8. The third-order valence-electron chi connectivity index (χ3n) is 4.31. The predicted octanol–water partition coefficient (Wildman–Crippen LogP) is 3.35. The normalized spacial score (nSPS) is 11.3. The molecule has 162 valence electrons. The van der Waals surface area contributed by atoms with Crippen molar-refractivity contribution in [1.29, 1.82) is 0 Å². The molecular weight excluding hydrogens is 411 g/mol. The van der Waals surface area contributed by atoms with Crippen molar-refractivity contribution in [1.82, 2.24) is 4.90 Å². The SMILES string of the molecule is CCOC(=O)CN(C(=O)c1ccc(NS(=O)(=O)c2ccc(F)c(C)c2)cc1)C(C)C. The fourth-order valence-electron chi connectivity index (χ4n) is 2.68. The van der Waals surface area contributed by atoms with Crippen molar-refractivity contribution in [2.45, 2.75) is 38.6 Å². The second kappa shape index (κ2) is 9.71. The first-order valence-electron chi connectivity index (χ1n) is 9.40. The first kappa shape index (κ1) is 23.3. The lowest BCUT2D eigenvalue weighted by Crippen LogP contribution is -2.41. The second-order valence-electron chi connectivity index (χ2n) is 6.93. The lowest BCUT2D eigenvalue weighted by Gasteiger charge is -2.25. The van der Waals surface area contributed by atoms with Crippen molar-refractivity contribution in [2.24, 2.45) is 0 Å². The highest BCUT2D eigenvalue weighted by Crippen LogP contribution is 2.20. The molecule has 0 atom stereocenters. The van der Waals surface area contributed by atoms with E-state index in [9.17, 15) is 22.4 Å². The molecule has 0 unspecified atom stereocenters. The maximum atomic E-state index is 13.4. The van der Waals surface area contributed by atoms with Crippen molar-refractivity contribution in [3.05, 3.63) is 59.4 Å². The summed E-state index contributed by atoms with van der Waals surface area (Å²) in [7, 11) is -3.91. The monoisotopic (exact) mass is 436 g/mol. The van der Waals surface area contributed by atoms with Gasteiger partial charge in [0.1, 0.15) is 12.4 Å². The van der Waals surface area contributed by atoms with Crippen LogP contribution in [0.5, 0.6) is 0 Å². The summed E-state index contributed by atoms with van der Waals surface area (Å²) in [6.07, 6.45) is 0. The van der Waals surface area contributed by atoms with E-state index in [1.165, 1.54) is 48.2 Å². The molecule has 0 aliphatic carbocycles. The Morgan fingerprint density at radius 1 is 1.13 bits per heavy atom. The number of sulfonamides is 1. The Balaban J connectivity index is 2.17. The summed E-state index contributed by atoms with van der Waals surface area (Å²) in [5, 5.41) is 0. The summed E-state index contributed by atoms with van der Waals surface area (Å²) in [5.74, 6) is -1.37. The summed E-state index contributed by atoms with van der Waals surface area (Å²) >= 11 is 0. The number of amides is 1. The Labute approximate surface area is 175 Å². The number of halogens is 1. The first-order valence-corrected chi connectivity index (χ1v) is 10.9. The number of ether oxygens (including phenoxy) is 1. The van der Waals surface area contributed by atoms with E-state index in [2.05, 4.69) is 4.72 Å². The standard InChI is InChI=1S/C21H25FN2O5S/c1-5-29-20(25)13-24(14(2)3)21(26)16-6-8-17(9-7-16)23-30(27,28)18-10-11-19(22)15(4)12-18/h6-12,14,23H,5,13H2,1-4H3. The molecule has 0 spiro atoms. The number of benzene rings is 2. The van der Waals surface area contributed by atoms with Gasteiger partial charge in [0.2, 0.25) is 0 Å². The van der Waals surface area contributed by atoms with Gasteiger partial charge in [-0.2, -0.15) is 0 Å². The molecule has 2 rings (SSSR count). The largest absolute Gasteiger partial charge is 0.465 e. The molecule has 0 saturated carbocycles. The molecule has 0 radical (unpaired) electrons. The second-order valence-corrected chi connectivity index (χ2v) is 8.61. The molecule has 0 bridgehead atoms. The van der Waals surface area contributed by atoms with E-state index in [1.807, 2.05) is 0 Å². The van der Waals surface area contributed by atoms with Crippen LogP contribution in [0.1, 0.15) is 36.7 Å². The molecule has 0 fully saturated rings. The molecule has 0 aromatic heterocycles. The van der Waals surface area contributed by atoms with Crippen LogP contribution >= 0.6 is 0 Å². The van der Waals surface area contributed by atoms with Gasteiger partial charge < -0.3 is 9.64 Å². The molecular formula is C21H25FN2O5S. The van der Waals surface area contributed by atoms with Crippen LogP contribution in [-0.4, -0.2) is 44.4 Å². The minimum atomic E-state index is -3.91. The number of carbonyl (C=O) groups is 2. The molecule has 0 aliphatic heterocycles. The third-order valence-corrected chi connectivity index (χ3v) is 5.69. The Bertz CT molecular complexity index is 1020. The number of esters is 1. The van der Waals surface area contributed by atoms with E-state index < -0.39 is 21.8 Å². The number of hydrogen-bond acceptors (Lipinski definition) is 5. The van der Waals surface area contributed by atoms with Gasteiger partial charge in [-0.05, 0) is 75.7 Å². The van der Waals surface area contributed by atoms with E-state index in [0.29, 0.717) is 5.56 Å². The summed E-state index contributed by atoms with van der Waals surface area (Å²) in [6.45, 7) is 6.77. The quantitative estimate of drug-likeness (QED) is 0.641. The third kappa shape index (κ3) is 5.79. The zero-order chi connectivity index (χ0) is 22.5. The van der Waals surface area contributed by atoms with Gasteiger partial charge in [0.05, 0.1) is 11.5 Å². The van der Waals surface area contributed by atoms with Crippen LogP contribution in [0.4, 0.5) is 10.1 Å². The predicted molar refractivity (Wildman–Crippen MR) is 111 cm³/mol. The van der Waals surface area contributed by atoms with Gasteiger partial charge in [-0.15, -0.1) is 0 Å². The van der Waals surface area contributed by atoms with Crippen LogP contribution < -0.4 is 4.72 Å². The van der Waals surface area contributed by atoms with E-state index in [0.717, 1.165) is 6.07 Å². The number of nitrogens with one attached hydrogen (secondary N) is 1. The molecule has 1 amide bonds. The van der Waals surface area contributed by atoms with Crippen molar-refractivity contribution >= 4 is 27.6 Å². The summed E-state index contributed by atoms with van der Waals surface area (Å²) in [4.78, 5) is 25.8. The summed E-state index contributed by atoms with van der Waals surface area (Å²) in [6, 6.07) is 9.11. The highest BCUT2D eigenvalue weighted by Gasteiger charge is 2.22. The van der Waals surface area contributed by atoms with Crippen LogP contribution in [0.15, 0.2) is 47.4 Å². The van der Waals surface area contributed by atoms with Gasteiger partial charge in [-0.25, -0.2) is 12.8 Å². The van der Waals surface area contributed by atoms with Crippen LogP contribution in [0, 0.1) is 12.7 Å². The smallest absolute Gasteiger partial charge is 0.325 e. The topological polar surface area (TPSA) is 92.8 Å². The number of carbonyl (C=O) groups excluding carboxylic acids is 2. The van der Waals surface area contributed by atoms with Crippen LogP contribution in [-0.2, 0) is 19.6 Å². The fraction of sp³-hybridized carbons (Fsp3) is 0.333. The molecule has 30 heavy (non-hydrogen) atoms. The van der Waals surface area contributed by atoms with Crippen molar-refractivity contribution in [2.75, 3.05) is 17.9 Å². The maximum Gasteiger partial charge on any atom is 0.325 e. The molecule has 0 aliphatic rings. The minimum Gasteiger partial charge on any atom is -0.465 e. The average Bonchev–Trinajstić information content (AvgIpc) is 2.68. The lowest BCUT2D eigenvalue weighted by atomic mass is 10.1. The summed E-state index contributed by atoms with van der Waals surface area (Å²) in [5.41, 5.74) is 0.762. The molecule has 0 saturated heterocycles. The van der Waals surface area contributed by atoms with Crippen LogP contribution in [0.2, 0.25) is 0 Å². The fourth-order valence-corrected chi connectivity index (χ4v) is 3.82. The number of aryl methyl sites for hydroxylation is 1. The van der Waals surface area contributed by atoms with Gasteiger partial charge in [0, 0.05) is 17.3 Å². The Morgan fingerprint density at radius 2 is 1.77 bits per heavy atom. The van der Waals surface area contributed by atoms with Crippen molar-refractivity contribution in [3.63, 3.8) is 0 Å². The van der Waals surface area contributed by atoms with Crippen molar-refractivity contribution < 1.29 is 27.1 Å².